The van der Waals surface area contributed by atoms with Crippen LogP contribution < -0.4 is 0 Å². The molecule has 0 unspecified atom stereocenters. The second-order valence-corrected chi connectivity index (χ2v) is 2.91. The summed E-state index contributed by atoms with van der Waals surface area (Å²) in [6.07, 6.45) is 0. The van der Waals surface area contributed by atoms with Gasteiger partial charge in [0.05, 0.1) is 0 Å². The zero-order valence-electron chi connectivity index (χ0n) is 7.72. The molecule has 1 radical (unpaired) electrons. The fraction of sp³-hybridized carbons (Fsp3) is 0. The average Bonchev–Trinajstić information content (AvgIpc) is 2.20. The fourth-order valence-electron chi connectivity index (χ4n) is 1.28. The van der Waals surface area contributed by atoms with Crippen LogP contribution in [0, 0.1) is 0 Å². The molecule has 0 saturated carbocycles. The first-order chi connectivity index (χ1) is 6.36. The first-order valence-corrected chi connectivity index (χ1v) is 4.21. The predicted octanol–water partition coefficient (Wildman–Crippen LogP) is 2.68. The number of phenolic OH excluding ortho intramolecular Hbond substituents is 1. The van der Waals surface area contributed by atoms with Crippen LogP contribution in [0.5, 0.6) is 5.75 Å². The van der Waals surface area contributed by atoms with E-state index in [1.165, 1.54) is 5.56 Å². The Hall–Kier alpha value is -1.23. The SMILES string of the molecule is Oc1ccc(-c2ccccc2)cc1.[Al+2]. The number of rotatable bonds is 1. The summed E-state index contributed by atoms with van der Waals surface area (Å²) in [7, 11) is 0. The van der Waals surface area contributed by atoms with Gasteiger partial charge in [0.25, 0.3) is 0 Å². The van der Waals surface area contributed by atoms with Crippen LogP contribution >= 0.6 is 0 Å². The molecule has 0 aromatic heterocycles. The quantitative estimate of drug-likeness (QED) is 0.697. The molecule has 0 spiro atoms. The second kappa shape index (κ2) is 4.86. The summed E-state index contributed by atoms with van der Waals surface area (Å²) in [5.41, 5.74) is 2.29. The normalized spacial score (nSPS) is 9.14. The second-order valence-electron chi connectivity index (χ2n) is 2.91. The summed E-state index contributed by atoms with van der Waals surface area (Å²) in [5.74, 6) is 0.305. The van der Waals surface area contributed by atoms with E-state index in [2.05, 4.69) is 0 Å². The van der Waals surface area contributed by atoms with E-state index in [-0.39, 0.29) is 17.4 Å². The summed E-state index contributed by atoms with van der Waals surface area (Å²) in [5, 5.41) is 9.10. The van der Waals surface area contributed by atoms with E-state index in [0.717, 1.165) is 5.56 Å². The van der Waals surface area contributed by atoms with Crippen molar-refractivity contribution in [2.24, 2.45) is 0 Å². The third-order valence-electron chi connectivity index (χ3n) is 1.97. The molecule has 0 fully saturated rings. The fourth-order valence-corrected chi connectivity index (χ4v) is 1.28. The van der Waals surface area contributed by atoms with Crippen LogP contribution in [0.2, 0.25) is 0 Å². The van der Waals surface area contributed by atoms with Crippen molar-refractivity contribution in [1.82, 2.24) is 0 Å². The molecular weight excluding hydrogens is 187 g/mol. The van der Waals surface area contributed by atoms with Gasteiger partial charge in [0, 0.05) is 0 Å². The smallest absolute Gasteiger partial charge is 0.508 e. The molecule has 0 aliphatic carbocycles. The van der Waals surface area contributed by atoms with Crippen molar-refractivity contribution < 1.29 is 5.11 Å². The molecule has 65 valence electrons. The van der Waals surface area contributed by atoms with Crippen LogP contribution in [0.1, 0.15) is 0 Å². The molecule has 1 N–H and O–H groups in total. The first-order valence-electron chi connectivity index (χ1n) is 4.21. The van der Waals surface area contributed by atoms with Gasteiger partial charge in [-0.1, -0.05) is 42.5 Å². The molecule has 2 rings (SSSR count). The summed E-state index contributed by atoms with van der Waals surface area (Å²) in [6, 6.07) is 17.3. The Morgan fingerprint density at radius 2 is 1.14 bits per heavy atom. The van der Waals surface area contributed by atoms with Crippen molar-refractivity contribution in [2.45, 2.75) is 0 Å². The van der Waals surface area contributed by atoms with Gasteiger partial charge in [-0.2, -0.15) is 0 Å². The average molecular weight is 197 g/mol. The molecule has 0 amide bonds. The molecule has 0 heterocycles. The largest absolute Gasteiger partial charge is 2.00 e. The Morgan fingerprint density at radius 1 is 0.643 bits per heavy atom. The van der Waals surface area contributed by atoms with Gasteiger partial charge in [-0.05, 0) is 23.3 Å². The zero-order valence-corrected chi connectivity index (χ0v) is 8.88. The van der Waals surface area contributed by atoms with Gasteiger partial charge in [-0.3, -0.25) is 0 Å². The maximum Gasteiger partial charge on any atom is 2.00 e. The number of aromatic hydroxyl groups is 1. The minimum Gasteiger partial charge on any atom is -0.508 e. The van der Waals surface area contributed by atoms with Crippen LogP contribution in [0.4, 0.5) is 0 Å². The topological polar surface area (TPSA) is 20.2 Å². The summed E-state index contributed by atoms with van der Waals surface area (Å²) < 4.78 is 0. The van der Waals surface area contributed by atoms with E-state index < -0.39 is 0 Å². The van der Waals surface area contributed by atoms with E-state index in [1.807, 2.05) is 42.5 Å². The Morgan fingerprint density at radius 3 is 1.71 bits per heavy atom. The van der Waals surface area contributed by atoms with E-state index in [9.17, 15) is 0 Å². The summed E-state index contributed by atoms with van der Waals surface area (Å²) in [6.45, 7) is 0. The van der Waals surface area contributed by atoms with Gasteiger partial charge in [0.15, 0.2) is 0 Å². The van der Waals surface area contributed by atoms with Crippen molar-refractivity contribution in [3.05, 3.63) is 54.6 Å². The number of benzene rings is 2. The summed E-state index contributed by atoms with van der Waals surface area (Å²) >= 11 is 0. The van der Waals surface area contributed by atoms with Gasteiger partial charge >= 0.3 is 17.4 Å². The number of hydrogen-bond acceptors (Lipinski definition) is 1. The molecular formula is C12H10AlO+2. The molecule has 0 saturated heterocycles. The van der Waals surface area contributed by atoms with Gasteiger partial charge in [0.2, 0.25) is 0 Å². The first kappa shape index (κ1) is 10.9. The van der Waals surface area contributed by atoms with Crippen LogP contribution in [0.15, 0.2) is 54.6 Å². The Kier molecular flexibility index (Phi) is 3.76. The maximum absolute atomic E-state index is 9.10. The molecule has 0 atom stereocenters. The maximum atomic E-state index is 9.10. The van der Waals surface area contributed by atoms with Crippen LogP contribution in [-0.4, -0.2) is 22.5 Å². The van der Waals surface area contributed by atoms with Gasteiger partial charge in [-0.25, -0.2) is 0 Å². The third-order valence-corrected chi connectivity index (χ3v) is 1.97. The van der Waals surface area contributed by atoms with Crippen molar-refractivity contribution in [2.75, 3.05) is 0 Å². The van der Waals surface area contributed by atoms with Crippen LogP contribution in [0.3, 0.4) is 0 Å². The van der Waals surface area contributed by atoms with Gasteiger partial charge in [0.1, 0.15) is 5.75 Å². The van der Waals surface area contributed by atoms with E-state index in [0.29, 0.717) is 5.75 Å². The minimum atomic E-state index is 0. The Bertz CT molecular complexity index is 381. The monoisotopic (exact) mass is 197 g/mol. The minimum absolute atomic E-state index is 0. The molecule has 0 bridgehead atoms. The zero-order chi connectivity index (χ0) is 9.10. The standard InChI is InChI=1S/C12H10O.Al/c13-12-8-6-11(7-9-12)10-4-2-1-3-5-10;/h1-9,13H;/q;+2. The molecule has 0 aliphatic rings. The van der Waals surface area contributed by atoms with Gasteiger partial charge < -0.3 is 5.11 Å². The van der Waals surface area contributed by atoms with E-state index in [4.69, 9.17) is 5.11 Å². The van der Waals surface area contributed by atoms with E-state index in [1.54, 1.807) is 12.1 Å². The van der Waals surface area contributed by atoms with Crippen LogP contribution in [-0.2, 0) is 0 Å². The molecule has 2 heteroatoms. The Balaban J connectivity index is 0.000000980. The summed E-state index contributed by atoms with van der Waals surface area (Å²) in [4.78, 5) is 0. The molecule has 2 aromatic rings. The van der Waals surface area contributed by atoms with Crippen molar-refractivity contribution >= 4 is 17.4 Å². The van der Waals surface area contributed by atoms with E-state index >= 15 is 0 Å². The number of phenols is 1. The predicted molar refractivity (Wildman–Crippen MR) is 59.3 cm³/mol. The van der Waals surface area contributed by atoms with Crippen LogP contribution in [0.25, 0.3) is 11.1 Å². The van der Waals surface area contributed by atoms with Crippen molar-refractivity contribution in [1.29, 1.82) is 0 Å². The third kappa shape index (κ3) is 2.38. The molecule has 2 aromatic carbocycles. The van der Waals surface area contributed by atoms with Crippen molar-refractivity contribution in [3.63, 3.8) is 0 Å². The van der Waals surface area contributed by atoms with Gasteiger partial charge in [-0.15, -0.1) is 0 Å². The van der Waals surface area contributed by atoms with Crippen molar-refractivity contribution in [3.8, 4) is 16.9 Å². The Labute approximate surface area is 94.2 Å². The molecule has 1 nitrogen and oxygen atoms in total. The molecule has 0 aliphatic heterocycles. The molecule has 14 heavy (non-hydrogen) atoms. The number of hydrogen-bond donors (Lipinski definition) is 1.